The largest absolute Gasteiger partial charge is 0.465 e. The minimum Gasteiger partial charge on any atom is -0.465 e. The van der Waals surface area contributed by atoms with Crippen molar-refractivity contribution in [3.05, 3.63) is 58.6 Å². The first-order chi connectivity index (χ1) is 16.7. The highest BCUT2D eigenvalue weighted by Gasteiger charge is 2.23. The number of nitrogens with zero attached hydrogens (tertiary/aromatic N) is 3. The molecule has 1 heterocycles. The van der Waals surface area contributed by atoms with E-state index in [4.69, 9.17) is 4.74 Å². The molecule has 3 rings (SSSR count). The monoisotopic (exact) mass is 521 g/mol. The average molecular weight is 522 g/mol. The van der Waals surface area contributed by atoms with Gasteiger partial charge >= 0.3 is 5.97 Å². The predicted molar refractivity (Wildman–Crippen MR) is 132 cm³/mol. The van der Waals surface area contributed by atoms with Crippen molar-refractivity contribution in [2.75, 3.05) is 19.7 Å². The number of hydrogen-bond donors (Lipinski definition) is 0. The second-order valence-corrected chi connectivity index (χ2v) is 10.6. The number of esters is 1. The van der Waals surface area contributed by atoms with Gasteiger partial charge in [0.15, 0.2) is 4.80 Å². The Hall–Kier alpha value is -2.89. The van der Waals surface area contributed by atoms with E-state index < -0.39 is 27.7 Å². The first kappa shape index (κ1) is 26.7. The zero-order valence-electron chi connectivity index (χ0n) is 19.9. The summed E-state index contributed by atoms with van der Waals surface area (Å²) in [6.45, 7) is 6.07. The van der Waals surface area contributed by atoms with Crippen molar-refractivity contribution in [1.82, 2.24) is 8.87 Å². The third kappa shape index (κ3) is 6.03. The van der Waals surface area contributed by atoms with Gasteiger partial charge in [0, 0.05) is 18.7 Å². The molecule has 2 aromatic carbocycles. The average Bonchev–Trinajstić information content (AvgIpc) is 3.17. The molecule has 0 aliphatic carbocycles. The van der Waals surface area contributed by atoms with Crippen LogP contribution in [0.3, 0.4) is 0 Å². The van der Waals surface area contributed by atoms with Crippen LogP contribution in [0.1, 0.15) is 44.0 Å². The number of fused-ring (bicyclic) bond motifs is 1. The standard InChI is InChI=1S/C24H28FN3O5S2/c1-4-7-15-27(5-2)35(31,32)18-13-11-17(12-14-18)23(30)26-24-28(16-21(29)33-6-3)22-19(25)9-8-10-20(22)34-24/h8-14H,4-7,15-16H2,1-3H3. The molecule has 35 heavy (non-hydrogen) atoms. The number of sulfonamides is 1. The molecule has 0 N–H and O–H groups in total. The lowest BCUT2D eigenvalue weighted by atomic mass is 10.2. The normalized spacial score (nSPS) is 12.4. The first-order valence-corrected chi connectivity index (χ1v) is 13.6. The molecule has 3 aromatic rings. The molecule has 0 bridgehead atoms. The zero-order valence-corrected chi connectivity index (χ0v) is 21.5. The summed E-state index contributed by atoms with van der Waals surface area (Å²) in [7, 11) is -3.68. The number of unbranched alkanes of at least 4 members (excludes halogenated alkanes) is 1. The second-order valence-electron chi connectivity index (χ2n) is 7.65. The number of carbonyl (C=O) groups is 2. The van der Waals surface area contributed by atoms with Gasteiger partial charge in [-0.05, 0) is 49.7 Å². The molecular formula is C24H28FN3O5S2. The maximum Gasteiger partial charge on any atom is 0.326 e. The number of carbonyl (C=O) groups excluding carboxylic acids is 2. The minimum atomic E-state index is -3.68. The van der Waals surface area contributed by atoms with Gasteiger partial charge in [-0.25, -0.2) is 12.8 Å². The van der Waals surface area contributed by atoms with Gasteiger partial charge in [0.1, 0.15) is 12.4 Å². The fourth-order valence-electron chi connectivity index (χ4n) is 3.51. The lowest BCUT2D eigenvalue weighted by Gasteiger charge is -2.20. The van der Waals surface area contributed by atoms with Crippen LogP contribution in [0, 0.1) is 5.82 Å². The number of aromatic nitrogens is 1. The molecule has 11 heteroatoms. The van der Waals surface area contributed by atoms with Gasteiger partial charge in [-0.3, -0.25) is 9.59 Å². The number of hydrogen-bond acceptors (Lipinski definition) is 6. The first-order valence-electron chi connectivity index (χ1n) is 11.4. The van der Waals surface area contributed by atoms with Crippen LogP contribution in [0.15, 0.2) is 52.4 Å². The SMILES string of the molecule is CCCCN(CC)S(=O)(=O)c1ccc(C(=O)N=c2sc3cccc(F)c3n2CC(=O)OCC)cc1. The van der Waals surface area contributed by atoms with Gasteiger partial charge in [0.05, 0.1) is 21.7 Å². The summed E-state index contributed by atoms with van der Waals surface area (Å²) >= 11 is 1.07. The maximum absolute atomic E-state index is 14.5. The third-order valence-electron chi connectivity index (χ3n) is 5.29. The van der Waals surface area contributed by atoms with E-state index in [1.54, 1.807) is 19.9 Å². The highest BCUT2D eigenvalue weighted by molar-refractivity contribution is 7.89. The Morgan fingerprint density at radius 3 is 2.46 bits per heavy atom. The van der Waals surface area contributed by atoms with Crippen LogP contribution >= 0.6 is 11.3 Å². The summed E-state index contributed by atoms with van der Waals surface area (Å²) in [6.07, 6.45) is 1.63. The molecule has 1 amide bonds. The number of rotatable bonds is 10. The molecule has 8 nitrogen and oxygen atoms in total. The maximum atomic E-state index is 14.5. The molecule has 0 atom stereocenters. The van der Waals surface area contributed by atoms with Crippen LogP contribution < -0.4 is 4.80 Å². The van der Waals surface area contributed by atoms with Crippen LogP contribution in [-0.2, 0) is 26.1 Å². The predicted octanol–water partition coefficient (Wildman–Crippen LogP) is 3.96. The van der Waals surface area contributed by atoms with Crippen LogP contribution in [0.25, 0.3) is 10.2 Å². The Labute approximate surface area is 207 Å². The Morgan fingerprint density at radius 1 is 1.11 bits per heavy atom. The molecule has 0 spiro atoms. The zero-order chi connectivity index (χ0) is 25.6. The number of halogens is 1. The van der Waals surface area contributed by atoms with Crippen molar-refractivity contribution in [3.8, 4) is 0 Å². The molecule has 0 saturated carbocycles. The fraction of sp³-hybridized carbons (Fsp3) is 0.375. The number of benzene rings is 2. The quantitative estimate of drug-likeness (QED) is 0.376. The van der Waals surface area contributed by atoms with Crippen molar-refractivity contribution < 1.29 is 27.1 Å². The second kappa shape index (κ2) is 11.7. The van der Waals surface area contributed by atoms with Gasteiger partial charge in [-0.15, -0.1) is 0 Å². The number of thiazole rings is 1. The van der Waals surface area contributed by atoms with E-state index >= 15 is 0 Å². The van der Waals surface area contributed by atoms with E-state index in [2.05, 4.69) is 4.99 Å². The fourth-order valence-corrected chi connectivity index (χ4v) is 6.04. The van der Waals surface area contributed by atoms with Gasteiger partial charge in [0.2, 0.25) is 10.0 Å². The van der Waals surface area contributed by atoms with Gasteiger partial charge in [-0.1, -0.05) is 37.7 Å². The molecule has 0 fully saturated rings. The van der Waals surface area contributed by atoms with Crippen molar-refractivity contribution >= 4 is 43.5 Å². The Kier molecular flexibility index (Phi) is 8.92. The smallest absolute Gasteiger partial charge is 0.326 e. The number of para-hydroxylation sites is 1. The van der Waals surface area contributed by atoms with E-state index in [1.165, 1.54) is 45.3 Å². The van der Waals surface area contributed by atoms with Crippen LogP contribution in [0.2, 0.25) is 0 Å². The molecular weight excluding hydrogens is 493 g/mol. The van der Waals surface area contributed by atoms with Crippen LogP contribution in [0.4, 0.5) is 4.39 Å². The van der Waals surface area contributed by atoms with E-state index in [-0.39, 0.29) is 33.9 Å². The van der Waals surface area contributed by atoms with Crippen LogP contribution in [-0.4, -0.2) is 48.9 Å². The van der Waals surface area contributed by atoms with Crippen molar-refractivity contribution in [2.45, 2.75) is 45.1 Å². The van der Waals surface area contributed by atoms with Gasteiger partial charge in [0.25, 0.3) is 5.91 Å². The van der Waals surface area contributed by atoms with Crippen molar-refractivity contribution in [3.63, 3.8) is 0 Å². The molecule has 188 valence electrons. The van der Waals surface area contributed by atoms with E-state index in [1.807, 2.05) is 6.92 Å². The molecule has 0 aliphatic rings. The number of ether oxygens (including phenoxy) is 1. The third-order valence-corrected chi connectivity index (χ3v) is 8.33. The summed E-state index contributed by atoms with van der Waals surface area (Å²) in [5, 5.41) is 0. The summed E-state index contributed by atoms with van der Waals surface area (Å²) in [4.78, 5) is 29.3. The van der Waals surface area contributed by atoms with E-state index in [9.17, 15) is 22.4 Å². The molecule has 0 saturated heterocycles. The molecule has 0 radical (unpaired) electrons. The van der Waals surface area contributed by atoms with E-state index in [0.29, 0.717) is 17.8 Å². The summed E-state index contributed by atoms with van der Waals surface area (Å²) < 4.78 is 48.6. The van der Waals surface area contributed by atoms with Gasteiger partial charge < -0.3 is 9.30 Å². The molecule has 0 aliphatic heterocycles. The topological polar surface area (TPSA) is 98.0 Å². The van der Waals surface area contributed by atoms with E-state index in [0.717, 1.165) is 24.2 Å². The summed E-state index contributed by atoms with van der Waals surface area (Å²) in [5.41, 5.74) is 0.325. The Bertz CT molecular complexity index is 1380. The van der Waals surface area contributed by atoms with Crippen molar-refractivity contribution in [2.24, 2.45) is 4.99 Å². The Morgan fingerprint density at radius 2 is 1.83 bits per heavy atom. The van der Waals surface area contributed by atoms with Crippen LogP contribution in [0.5, 0.6) is 0 Å². The minimum absolute atomic E-state index is 0.0910. The molecule has 0 unspecified atom stereocenters. The summed E-state index contributed by atoms with van der Waals surface area (Å²) in [6, 6.07) is 10.0. The highest BCUT2D eigenvalue weighted by atomic mass is 32.2. The van der Waals surface area contributed by atoms with Crippen molar-refractivity contribution in [1.29, 1.82) is 0 Å². The lowest BCUT2D eigenvalue weighted by Crippen LogP contribution is -2.31. The van der Waals surface area contributed by atoms with Gasteiger partial charge in [-0.2, -0.15) is 9.30 Å². The molecule has 1 aromatic heterocycles. The number of amides is 1. The summed E-state index contributed by atoms with van der Waals surface area (Å²) in [5.74, 6) is -1.77. The Balaban J connectivity index is 1.96. The lowest BCUT2D eigenvalue weighted by molar-refractivity contribution is -0.143. The highest BCUT2D eigenvalue weighted by Crippen LogP contribution is 2.21.